The Labute approximate surface area is 159 Å². The molecular formula is C18H26ClN5S. The van der Waals surface area contributed by atoms with E-state index in [4.69, 9.17) is 11.6 Å². The molecular weight excluding hydrogens is 354 g/mol. The summed E-state index contributed by atoms with van der Waals surface area (Å²) in [7, 11) is 5.92. The predicted molar refractivity (Wildman–Crippen MR) is 108 cm³/mol. The first-order chi connectivity index (χ1) is 11.9. The van der Waals surface area contributed by atoms with Gasteiger partial charge in [0.2, 0.25) is 0 Å². The fourth-order valence-corrected chi connectivity index (χ4v) is 3.60. The molecule has 5 nitrogen and oxygen atoms in total. The highest BCUT2D eigenvalue weighted by molar-refractivity contribution is 7.11. The van der Waals surface area contributed by atoms with Crippen LogP contribution < -0.4 is 10.6 Å². The number of thiazole rings is 1. The van der Waals surface area contributed by atoms with E-state index in [-0.39, 0.29) is 6.04 Å². The molecule has 1 heterocycles. The van der Waals surface area contributed by atoms with Gasteiger partial charge in [0.05, 0.1) is 23.3 Å². The third-order valence-electron chi connectivity index (χ3n) is 3.98. The molecule has 0 aliphatic heterocycles. The number of nitrogens with one attached hydrogen (secondary N) is 2. The summed E-state index contributed by atoms with van der Waals surface area (Å²) in [6.45, 7) is 5.54. The number of aliphatic imine (C=N–C) groups is 1. The SMILES string of the molecule is CN=C(NCc1sc(C)nc1C)NCC(c1ccc(Cl)cc1)N(C)C. The lowest BCUT2D eigenvalue weighted by Gasteiger charge is -2.26. The Bertz CT molecular complexity index is 709. The van der Waals surface area contributed by atoms with Crippen LogP contribution in [0.1, 0.15) is 27.2 Å². The normalized spacial score (nSPS) is 13.2. The summed E-state index contributed by atoms with van der Waals surface area (Å²) < 4.78 is 0. The molecule has 0 fully saturated rings. The van der Waals surface area contributed by atoms with Gasteiger partial charge in [0.1, 0.15) is 0 Å². The number of aromatic nitrogens is 1. The standard InChI is InChI=1S/C18H26ClN5S/c1-12-17(25-13(2)23-12)11-22-18(20-3)21-10-16(24(4)5)14-6-8-15(19)9-7-14/h6-9,16H,10-11H2,1-5H3,(H2,20,21,22). The maximum Gasteiger partial charge on any atom is 0.191 e. The Balaban J connectivity index is 1.95. The third-order valence-corrected chi connectivity index (χ3v) is 5.31. The summed E-state index contributed by atoms with van der Waals surface area (Å²) in [5.74, 6) is 0.784. The van der Waals surface area contributed by atoms with Gasteiger partial charge in [0.25, 0.3) is 0 Å². The molecule has 1 atom stereocenters. The van der Waals surface area contributed by atoms with Gasteiger partial charge >= 0.3 is 0 Å². The number of nitrogens with zero attached hydrogens (tertiary/aromatic N) is 3. The van der Waals surface area contributed by atoms with Crippen LogP contribution in [0.15, 0.2) is 29.3 Å². The zero-order valence-corrected chi connectivity index (χ0v) is 17.0. The molecule has 7 heteroatoms. The van der Waals surface area contributed by atoms with Crippen LogP contribution in [0, 0.1) is 13.8 Å². The smallest absolute Gasteiger partial charge is 0.191 e. The Hall–Kier alpha value is -1.63. The second kappa shape index (κ2) is 9.17. The van der Waals surface area contributed by atoms with E-state index in [1.54, 1.807) is 18.4 Å². The fraction of sp³-hybridized carbons (Fsp3) is 0.444. The van der Waals surface area contributed by atoms with E-state index in [0.29, 0.717) is 0 Å². The van der Waals surface area contributed by atoms with Crippen LogP contribution in [0.3, 0.4) is 0 Å². The Morgan fingerprint density at radius 1 is 1.24 bits per heavy atom. The minimum absolute atomic E-state index is 0.225. The van der Waals surface area contributed by atoms with Crippen molar-refractivity contribution < 1.29 is 0 Å². The van der Waals surface area contributed by atoms with E-state index in [9.17, 15) is 0 Å². The van der Waals surface area contributed by atoms with Crippen molar-refractivity contribution in [3.8, 4) is 0 Å². The van der Waals surface area contributed by atoms with Gasteiger partial charge in [-0.15, -0.1) is 11.3 Å². The van der Waals surface area contributed by atoms with Gasteiger partial charge in [-0.1, -0.05) is 23.7 Å². The maximum atomic E-state index is 6.00. The first kappa shape index (κ1) is 19.7. The van der Waals surface area contributed by atoms with Crippen molar-refractivity contribution in [1.82, 2.24) is 20.5 Å². The van der Waals surface area contributed by atoms with Crippen molar-refractivity contribution in [2.24, 2.45) is 4.99 Å². The minimum Gasteiger partial charge on any atom is -0.354 e. The highest BCUT2D eigenvalue weighted by Gasteiger charge is 2.15. The zero-order chi connectivity index (χ0) is 18.4. The van der Waals surface area contributed by atoms with Crippen molar-refractivity contribution in [2.45, 2.75) is 26.4 Å². The number of aryl methyl sites for hydroxylation is 2. The summed E-state index contributed by atoms with van der Waals surface area (Å²) in [6.07, 6.45) is 0. The zero-order valence-electron chi connectivity index (χ0n) is 15.4. The average molecular weight is 380 g/mol. The van der Waals surface area contributed by atoms with Gasteiger partial charge in [-0.25, -0.2) is 4.98 Å². The van der Waals surface area contributed by atoms with E-state index in [1.807, 2.05) is 26.0 Å². The Kier molecular flexibility index (Phi) is 7.23. The van der Waals surface area contributed by atoms with Crippen LogP contribution in [0.25, 0.3) is 0 Å². The van der Waals surface area contributed by atoms with Crippen LogP contribution >= 0.6 is 22.9 Å². The van der Waals surface area contributed by atoms with E-state index >= 15 is 0 Å². The van der Waals surface area contributed by atoms with Gasteiger partial charge in [-0.2, -0.15) is 0 Å². The predicted octanol–water partition coefficient (Wildman–Crippen LogP) is 3.38. The topological polar surface area (TPSA) is 52.6 Å². The lowest BCUT2D eigenvalue weighted by molar-refractivity contribution is 0.298. The van der Waals surface area contributed by atoms with Crippen molar-refractivity contribution in [3.05, 3.63) is 50.4 Å². The van der Waals surface area contributed by atoms with Crippen LogP contribution in [0.2, 0.25) is 5.02 Å². The monoisotopic (exact) mass is 379 g/mol. The summed E-state index contributed by atoms with van der Waals surface area (Å²) >= 11 is 7.71. The molecule has 1 unspecified atom stereocenters. The molecule has 2 rings (SSSR count). The first-order valence-electron chi connectivity index (χ1n) is 8.20. The van der Waals surface area contributed by atoms with Gasteiger partial charge in [-0.05, 0) is 45.6 Å². The van der Waals surface area contributed by atoms with Crippen molar-refractivity contribution >= 4 is 28.9 Å². The summed E-state index contributed by atoms with van der Waals surface area (Å²) in [5, 5.41) is 8.62. The van der Waals surface area contributed by atoms with Crippen LogP contribution in [-0.2, 0) is 6.54 Å². The molecule has 0 radical (unpaired) electrons. The number of likely N-dealkylation sites (N-methyl/N-ethyl adjacent to an activating group) is 1. The minimum atomic E-state index is 0.225. The maximum absolute atomic E-state index is 6.00. The number of hydrogen-bond donors (Lipinski definition) is 2. The Morgan fingerprint density at radius 2 is 1.92 bits per heavy atom. The Morgan fingerprint density at radius 3 is 2.44 bits per heavy atom. The quantitative estimate of drug-likeness (QED) is 0.596. The van der Waals surface area contributed by atoms with Crippen molar-refractivity contribution in [3.63, 3.8) is 0 Å². The van der Waals surface area contributed by atoms with Gasteiger partial charge in [0.15, 0.2) is 5.96 Å². The largest absolute Gasteiger partial charge is 0.354 e. The van der Waals surface area contributed by atoms with Crippen molar-refractivity contribution in [2.75, 3.05) is 27.7 Å². The summed E-state index contributed by atoms with van der Waals surface area (Å²) in [5.41, 5.74) is 2.30. The molecule has 0 saturated heterocycles. The van der Waals surface area contributed by atoms with E-state index in [0.717, 1.165) is 34.8 Å². The molecule has 0 saturated carbocycles. The highest BCUT2D eigenvalue weighted by Crippen LogP contribution is 2.20. The van der Waals surface area contributed by atoms with E-state index in [2.05, 4.69) is 51.7 Å². The highest BCUT2D eigenvalue weighted by atomic mass is 35.5. The second-order valence-electron chi connectivity index (χ2n) is 6.08. The summed E-state index contributed by atoms with van der Waals surface area (Å²) in [6, 6.07) is 8.20. The molecule has 2 N–H and O–H groups in total. The lowest BCUT2D eigenvalue weighted by Crippen LogP contribution is -2.41. The number of benzene rings is 1. The number of guanidine groups is 1. The molecule has 0 bridgehead atoms. The fourth-order valence-electron chi connectivity index (χ4n) is 2.60. The van der Waals surface area contributed by atoms with Crippen LogP contribution in [-0.4, -0.2) is 43.5 Å². The second-order valence-corrected chi connectivity index (χ2v) is 7.80. The average Bonchev–Trinajstić information content (AvgIpc) is 2.89. The first-order valence-corrected chi connectivity index (χ1v) is 9.39. The molecule has 0 spiro atoms. The van der Waals surface area contributed by atoms with E-state index in [1.165, 1.54) is 10.4 Å². The van der Waals surface area contributed by atoms with Gasteiger partial charge in [-0.3, -0.25) is 4.99 Å². The molecule has 1 aromatic heterocycles. The van der Waals surface area contributed by atoms with Crippen LogP contribution in [0.4, 0.5) is 0 Å². The van der Waals surface area contributed by atoms with Gasteiger partial charge < -0.3 is 15.5 Å². The molecule has 2 aromatic rings. The molecule has 1 aromatic carbocycles. The molecule has 0 aliphatic rings. The van der Waals surface area contributed by atoms with Gasteiger partial charge in [0, 0.05) is 23.5 Å². The van der Waals surface area contributed by atoms with E-state index < -0.39 is 0 Å². The molecule has 136 valence electrons. The van der Waals surface area contributed by atoms with Crippen LogP contribution in [0.5, 0.6) is 0 Å². The number of rotatable bonds is 6. The third kappa shape index (κ3) is 5.70. The number of hydrogen-bond acceptors (Lipinski definition) is 4. The van der Waals surface area contributed by atoms with Crippen molar-refractivity contribution in [1.29, 1.82) is 0 Å². The molecule has 0 aliphatic carbocycles. The molecule has 25 heavy (non-hydrogen) atoms. The lowest BCUT2D eigenvalue weighted by atomic mass is 10.1. The number of halogens is 1. The summed E-state index contributed by atoms with van der Waals surface area (Å²) in [4.78, 5) is 12.2. The molecule has 0 amide bonds.